The second-order valence-corrected chi connectivity index (χ2v) is 12.9. The molecule has 1 fully saturated rings. The number of Topliss-reactive ketones (excluding diaryl/α,β-unsaturated/α-hetero) is 1. The van der Waals surface area contributed by atoms with Gasteiger partial charge in [0.25, 0.3) is 0 Å². The van der Waals surface area contributed by atoms with Crippen molar-refractivity contribution >= 4 is 17.8 Å². The molecular weight excluding hydrogens is 524 g/mol. The van der Waals surface area contributed by atoms with Crippen molar-refractivity contribution in [2.75, 3.05) is 0 Å². The van der Waals surface area contributed by atoms with Gasteiger partial charge in [0, 0.05) is 18.8 Å². The first kappa shape index (κ1) is 32.1. The number of rotatable bonds is 11. The maximum absolute atomic E-state index is 13.0. The number of ketones is 1. The molecule has 10 heteroatoms. The van der Waals surface area contributed by atoms with Crippen LogP contribution in [0, 0.1) is 5.92 Å². The smallest absolute Gasteiger partial charge is 0.408 e. The zero-order chi connectivity index (χ0) is 30.2. The second-order valence-electron chi connectivity index (χ2n) is 12.9. The molecule has 2 N–H and O–H groups in total. The van der Waals surface area contributed by atoms with Gasteiger partial charge in [0.1, 0.15) is 34.8 Å². The number of nitrogens with zero attached hydrogens (tertiary/aromatic N) is 2. The SMILES string of the molecule is CC(=O)CC[C@H](NC(=O)C1CCCCC1)c1nnc([C@H](Cc2ccc(OC(C)(C)C)cc2)NC(=O)OC(C)(C)C)o1. The highest BCUT2D eigenvalue weighted by molar-refractivity contribution is 5.79. The lowest BCUT2D eigenvalue weighted by Gasteiger charge is -2.24. The molecule has 0 bridgehead atoms. The summed E-state index contributed by atoms with van der Waals surface area (Å²) in [5.74, 6) is 1.01. The molecule has 226 valence electrons. The van der Waals surface area contributed by atoms with Crippen LogP contribution >= 0.6 is 0 Å². The Morgan fingerprint density at radius 1 is 0.902 bits per heavy atom. The summed E-state index contributed by atoms with van der Waals surface area (Å²) in [6.07, 6.45) is 5.24. The van der Waals surface area contributed by atoms with Crippen LogP contribution in [0.4, 0.5) is 4.79 Å². The van der Waals surface area contributed by atoms with Gasteiger partial charge in [0.05, 0.1) is 0 Å². The van der Waals surface area contributed by atoms with Crippen LogP contribution in [0.2, 0.25) is 0 Å². The Balaban J connectivity index is 1.83. The Morgan fingerprint density at radius 3 is 2.07 bits per heavy atom. The topological polar surface area (TPSA) is 133 Å². The van der Waals surface area contributed by atoms with Crippen LogP contribution in [-0.2, 0) is 20.7 Å². The third-order valence-electron chi connectivity index (χ3n) is 6.61. The third-order valence-corrected chi connectivity index (χ3v) is 6.61. The van der Waals surface area contributed by atoms with Crippen molar-refractivity contribution in [1.29, 1.82) is 0 Å². The van der Waals surface area contributed by atoms with Crippen LogP contribution in [0.5, 0.6) is 5.75 Å². The normalized spacial score (nSPS) is 16.0. The molecule has 0 radical (unpaired) electrons. The molecule has 1 aromatic heterocycles. The van der Waals surface area contributed by atoms with Crippen molar-refractivity contribution in [3.8, 4) is 5.75 Å². The zero-order valence-corrected chi connectivity index (χ0v) is 25.5. The van der Waals surface area contributed by atoms with E-state index in [9.17, 15) is 14.4 Å². The quantitative estimate of drug-likeness (QED) is 0.328. The lowest BCUT2D eigenvalue weighted by Crippen LogP contribution is -2.36. The number of ether oxygens (including phenoxy) is 2. The van der Waals surface area contributed by atoms with Crippen LogP contribution in [0.3, 0.4) is 0 Å². The number of hydrogen-bond acceptors (Lipinski definition) is 8. The Bertz CT molecular complexity index is 1160. The minimum Gasteiger partial charge on any atom is -0.488 e. The van der Waals surface area contributed by atoms with E-state index in [1.165, 1.54) is 6.92 Å². The van der Waals surface area contributed by atoms with E-state index in [0.29, 0.717) is 12.8 Å². The highest BCUT2D eigenvalue weighted by Crippen LogP contribution is 2.28. The molecule has 2 aromatic rings. The van der Waals surface area contributed by atoms with Crippen molar-refractivity contribution in [3.63, 3.8) is 0 Å². The van der Waals surface area contributed by atoms with E-state index in [4.69, 9.17) is 13.9 Å². The van der Waals surface area contributed by atoms with Gasteiger partial charge in [-0.15, -0.1) is 10.2 Å². The Kier molecular flexibility index (Phi) is 10.9. The Hall–Kier alpha value is -3.43. The van der Waals surface area contributed by atoms with E-state index in [2.05, 4.69) is 20.8 Å². The minimum absolute atomic E-state index is 0.00464. The standard InChI is InChI=1S/C31H46N4O6/c1-20(36)13-18-24(32-26(37)22-11-9-8-10-12-22)27-34-35-28(39-27)25(33-29(38)41-31(5,6)7)19-21-14-16-23(17-15-21)40-30(2,3)4/h14-17,22,24-25H,8-13,18-19H2,1-7H3,(H,32,37)(H,33,38)/t24-,25-/m0/s1. The molecule has 1 aliphatic carbocycles. The van der Waals surface area contributed by atoms with Crippen LogP contribution < -0.4 is 15.4 Å². The van der Waals surface area contributed by atoms with Crippen LogP contribution in [0.1, 0.15) is 123 Å². The molecule has 0 spiro atoms. The molecule has 1 aliphatic rings. The number of carbonyl (C=O) groups excluding carboxylic acids is 3. The summed E-state index contributed by atoms with van der Waals surface area (Å²) in [4.78, 5) is 37.5. The molecule has 2 atom stereocenters. The molecular formula is C31H46N4O6. The monoisotopic (exact) mass is 570 g/mol. The Morgan fingerprint density at radius 2 is 1.51 bits per heavy atom. The summed E-state index contributed by atoms with van der Waals surface area (Å²) in [7, 11) is 0. The van der Waals surface area contributed by atoms with Crippen molar-refractivity contribution in [2.24, 2.45) is 5.92 Å². The first-order valence-electron chi connectivity index (χ1n) is 14.6. The average molecular weight is 571 g/mol. The number of nitrogens with one attached hydrogen (secondary N) is 2. The zero-order valence-electron chi connectivity index (χ0n) is 25.5. The molecule has 10 nitrogen and oxygen atoms in total. The van der Waals surface area contributed by atoms with Gasteiger partial charge in [0.15, 0.2) is 0 Å². The van der Waals surface area contributed by atoms with Gasteiger partial charge >= 0.3 is 6.09 Å². The van der Waals surface area contributed by atoms with Gasteiger partial charge in [0.2, 0.25) is 17.7 Å². The van der Waals surface area contributed by atoms with Gasteiger partial charge in [-0.05, 0) is 85.4 Å². The van der Waals surface area contributed by atoms with Gasteiger partial charge in [-0.2, -0.15) is 0 Å². The van der Waals surface area contributed by atoms with Crippen LogP contribution in [0.25, 0.3) is 0 Å². The number of carbonyl (C=O) groups is 3. The van der Waals surface area contributed by atoms with Crippen molar-refractivity contribution < 1.29 is 28.3 Å². The van der Waals surface area contributed by atoms with Gasteiger partial charge < -0.3 is 29.3 Å². The molecule has 41 heavy (non-hydrogen) atoms. The number of aromatic nitrogens is 2. The molecule has 3 rings (SSSR count). The van der Waals surface area contributed by atoms with E-state index in [-0.39, 0.29) is 41.4 Å². The summed E-state index contributed by atoms with van der Waals surface area (Å²) in [6.45, 7) is 12.8. The largest absolute Gasteiger partial charge is 0.488 e. The maximum atomic E-state index is 13.0. The van der Waals surface area contributed by atoms with Gasteiger partial charge in [-0.3, -0.25) is 4.79 Å². The molecule has 1 aromatic carbocycles. The first-order valence-corrected chi connectivity index (χ1v) is 14.6. The molecule has 0 saturated heterocycles. The fourth-order valence-electron chi connectivity index (χ4n) is 4.72. The van der Waals surface area contributed by atoms with Gasteiger partial charge in [-0.1, -0.05) is 31.4 Å². The van der Waals surface area contributed by atoms with E-state index in [1.54, 1.807) is 20.8 Å². The fraction of sp³-hybridized carbons (Fsp3) is 0.645. The van der Waals surface area contributed by atoms with E-state index in [0.717, 1.165) is 43.4 Å². The lowest BCUT2D eigenvalue weighted by molar-refractivity contribution is -0.127. The number of hydrogen-bond donors (Lipinski definition) is 2. The minimum atomic E-state index is -0.693. The third kappa shape index (κ3) is 11.2. The molecule has 0 unspecified atom stereocenters. The molecule has 2 amide bonds. The first-order chi connectivity index (χ1) is 19.2. The predicted molar refractivity (Wildman–Crippen MR) is 154 cm³/mol. The van der Waals surface area contributed by atoms with Crippen molar-refractivity contribution in [3.05, 3.63) is 41.6 Å². The summed E-state index contributed by atoms with van der Waals surface area (Å²) in [5.41, 5.74) is -0.110. The Labute approximate surface area is 243 Å². The molecule has 0 aliphatic heterocycles. The van der Waals surface area contributed by atoms with E-state index >= 15 is 0 Å². The van der Waals surface area contributed by atoms with Gasteiger partial charge in [-0.25, -0.2) is 4.79 Å². The maximum Gasteiger partial charge on any atom is 0.408 e. The van der Waals surface area contributed by atoms with Crippen LogP contribution in [-0.4, -0.2) is 39.2 Å². The number of alkyl carbamates (subject to hydrolysis) is 1. The average Bonchev–Trinajstić information content (AvgIpc) is 3.36. The summed E-state index contributed by atoms with van der Waals surface area (Å²) < 4.78 is 17.5. The molecule has 1 heterocycles. The van der Waals surface area contributed by atoms with E-state index in [1.807, 2.05) is 45.0 Å². The summed E-state index contributed by atoms with van der Waals surface area (Å²) >= 11 is 0. The fourth-order valence-corrected chi connectivity index (χ4v) is 4.72. The highest BCUT2D eigenvalue weighted by Gasteiger charge is 2.30. The lowest BCUT2D eigenvalue weighted by atomic mass is 9.88. The second kappa shape index (κ2) is 14.0. The summed E-state index contributed by atoms with van der Waals surface area (Å²) in [6, 6.07) is 6.30. The van der Waals surface area contributed by atoms with Crippen molar-refractivity contribution in [2.45, 2.75) is 123 Å². The predicted octanol–water partition coefficient (Wildman–Crippen LogP) is 6.16. The van der Waals surface area contributed by atoms with Crippen LogP contribution in [0.15, 0.2) is 28.7 Å². The molecule has 1 saturated carbocycles. The van der Waals surface area contributed by atoms with Crippen molar-refractivity contribution in [1.82, 2.24) is 20.8 Å². The van der Waals surface area contributed by atoms with E-state index < -0.39 is 23.8 Å². The number of benzene rings is 1. The highest BCUT2D eigenvalue weighted by atomic mass is 16.6. The number of amides is 2. The summed E-state index contributed by atoms with van der Waals surface area (Å²) in [5, 5.41) is 14.4.